The summed E-state index contributed by atoms with van der Waals surface area (Å²) >= 11 is 12.9. The van der Waals surface area contributed by atoms with Crippen molar-refractivity contribution in [2.75, 3.05) is 12.8 Å². The number of nitrogen functional groups attached to an aromatic ring is 1. The Kier molecular flexibility index (Phi) is 5.30. The van der Waals surface area contributed by atoms with Gasteiger partial charge in [0.05, 0.1) is 5.56 Å². The molecule has 0 aliphatic rings. The Morgan fingerprint density at radius 2 is 1.95 bits per heavy atom. The van der Waals surface area contributed by atoms with Crippen LogP contribution in [-0.2, 0) is 6.54 Å². The summed E-state index contributed by atoms with van der Waals surface area (Å²) in [5.41, 5.74) is 7.80. The molecule has 21 heavy (non-hydrogen) atoms. The summed E-state index contributed by atoms with van der Waals surface area (Å²) in [5.74, 6) is -0.0899. The van der Waals surface area contributed by atoms with Crippen LogP contribution in [0.4, 0.5) is 5.69 Å². The fourth-order valence-electron chi connectivity index (χ4n) is 1.91. The van der Waals surface area contributed by atoms with Crippen LogP contribution in [0.1, 0.15) is 15.9 Å². The zero-order valence-corrected chi connectivity index (χ0v) is 15.2. The minimum absolute atomic E-state index is 0.0899. The predicted octanol–water partition coefficient (Wildman–Crippen LogP) is 4.72. The van der Waals surface area contributed by atoms with Crippen LogP contribution in [0.25, 0.3) is 0 Å². The zero-order chi connectivity index (χ0) is 15.6. The maximum Gasteiger partial charge on any atom is 0.255 e. The Labute approximate surface area is 145 Å². The standard InChI is InChI=1S/C15H13Br2ClN2O/c1-20(8-9-6-11(19)3-5-14(9)18)15(21)12-4-2-10(16)7-13(12)17/h2-7H,8,19H2,1H3. The van der Waals surface area contributed by atoms with Gasteiger partial charge in [-0.25, -0.2) is 0 Å². The number of nitrogens with two attached hydrogens (primary N) is 1. The number of carbonyl (C=O) groups excluding carboxylic acids is 1. The van der Waals surface area contributed by atoms with Gasteiger partial charge in [0.2, 0.25) is 0 Å². The molecule has 2 aromatic carbocycles. The Morgan fingerprint density at radius 3 is 2.62 bits per heavy atom. The summed E-state index contributed by atoms with van der Waals surface area (Å²) in [6.07, 6.45) is 0. The molecule has 2 aromatic rings. The molecule has 0 saturated heterocycles. The third-order valence-electron chi connectivity index (χ3n) is 2.99. The molecule has 3 nitrogen and oxygen atoms in total. The van der Waals surface area contributed by atoms with Gasteiger partial charge < -0.3 is 10.6 Å². The first-order valence-electron chi connectivity index (χ1n) is 6.13. The quantitative estimate of drug-likeness (QED) is 0.714. The Morgan fingerprint density at radius 1 is 1.24 bits per heavy atom. The molecular weight excluding hydrogens is 419 g/mol. The van der Waals surface area contributed by atoms with Gasteiger partial charge in [0, 0.05) is 33.2 Å². The third-order valence-corrected chi connectivity index (χ3v) is 4.50. The van der Waals surface area contributed by atoms with E-state index in [4.69, 9.17) is 17.3 Å². The zero-order valence-electron chi connectivity index (χ0n) is 11.2. The molecule has 0 radical (unpaired) electrons. The first kappa shape index (κ1) is 16.3. The number of rotatable bonds is 3. The van der Waals surface area contributed by atoms with Crippen molar-refractivity contribution in [3.05, 3.63) is 61.5 Å². The van der Waals surface area contributed by atoms with Crippen LogP contribution in [0.15, 0.2) is 45.3 Å². The van der Waals surface area contributed by atoms with Gasteiger partial charge in [-0.3, -0.25) is 4.79 Å². The molecule has 2 N–H and O–H groups in total. The van der Waals surface area contributed by atoms with Crippen LogP contribution in [0, 0.1) is 0 Å². The van der Waals surface area contributed by atoms with Gasteiger partial charge in [-0.1, -0.05) is 27.5 Å². The Balaban J connectivity index is 2.21. The lowest BCUT2D eigenvalue weighted by atomic mass is 10.1. The highest BCUT2D eigenvalue weighted by molar-refractivity contribution is 9.11. The summed E-state index contributed by atoms with van der Waals surface area (Å²) in [7, 11) is 1.73. The topological polar surface area (TPSA) is 46.3 Å². The SMILES string of the molecule is CN(Cc1cc(N)ccc1Cl)C(=O)c1ccc(Br)cc1Br. The average molecular weight is 433 g/mol. The Bertz CT molecular complexity index is 691. The number of carbonyl (C=O) groups is 1. The van der Waals surface area contributed by atoms with Crippen molar-refractivity contribution in [3.63, 3.8) is 0 Å². The van der Waals surface area contributed by atoms with Gasteiger partial charge in [-0.05, 0) is 57.9 Å². The van der Waals surface area contributed by atoms with E-state index >= 15 is 0 Å². The van der Waals surface area contributed by atoms with Crippen molar-refractivity contribution >= 4 is 55.1 Å². The monoisotopic (exact) mass is 430 g/mol. The first-order chi connectivity index (χ1) is 9.88. The van der Waals surface area contributed by atoms with Crippen molar-refractivity contribution in [2.45, 2.75) is 6.54 Å². The molecule has 0 aliphatic carbocycles. The normalized spacial score (nSPS) is 10.5. The molecule has 0 aromatic heterocycles. The summed E-state index contributed by atoms with van der Waals surface area (Å²) in [5, 5.41) is 0.596. The van der Waals surface area contributed by atoms with Gasteiger partial charge in [0.15, 0.2) is 0 Å². The number of hydrogen-bond donors (Lipinski definition) is 1. The van der Waals surface area contributed by atoms with Crippen LogP contribution in [0.2, 0.25) is 5.02 Å². The van der Waals surface area contributed by atoms with Gasteiger partial charge in [0.1, 0.15) is 0 Å². The molecule has 0 aliphatic heterocycles. The lowest BCUT2D eigenvalue weighted by Gasteiger charge is -2.19. The van der Waals surface area contributed by atoms with Crippen LogP contribution < -0.4 is 5.73 Å². The van der Waals surface area contributed by atoms with Crippen LogP contribution >= 0.6 is 43.5 Å². The van der Waals surface area contributed by atoms with Crippen LogP contribution in [0.5, 0.6) is 0 Å². The molecule has 0 atom stereocenters. The van der Waals surface area contributed by atoms with E-state index in [1.165, 1.54) is 0 Å². The number of amides is 1. The number of halogens is 3. The van der Waals surface area contributed by atoms with Gasteiger partial charge in [0.25, 0.3) is 5.91 Å². The lowest BCUT2D eigenvalue weighted by Crippen LogP contribution is -2.26. The number of benzene rings is 2. The Hall–Kier alpha value is -1.04. The summed E-state index contributed by atoms with van der Waals surface area (Å²) in [4.78, 5) is 14.1. The maximum atomic E-state index is 12.5. The molecule has 0 unspecified atom stereocenters. The molecule has 0 fully saturated rings. The average Bonchev–Trinajstić information content (AvgIpc) is 2.42. The molecule has 1 amide bonds. The highest BCUT2D eigenvalue weighted by Gasteiger charge is 2.16. The second-order valence-electron chi connectivity index (χ2n) is 4.64. The molecule has 0 heterocycles. The number of hydrogen-bond acceptors (Lipinski definition) is 2. The van der Waals surface area contributed by atoms with Gasteiger partial charge in [-0.15, -0.1) is 0 Å². The highest BCUT2D eigenvalue weighted by atomic mass is 79.9. The molecule has 0 saturated carbocycles. The number of nitrogens with zero attached hydrogens (tertiary/aromatic N) is 1. The fourth-order valence-corrected chi connectivity index (χ4v) is 3.31. The smallest absolute Gasteiger partial charge is 0.255 e. The van der Waals surface area contributed by atoms with E-state index in [1.807, 2.05) is 12.1 Å². The lowest BCUT2D eigenvalue weighted by molar-refractivity contribution is 0.0784. The van der Waals surface area contributed by atoms with E-state index in [1.54, 1.807) is 36.2 Å². The van der Waals surface area contributed by atoms with Crippen molar-refractivity contribution in [2.24, 2.45) is 0 Å². The molecule has 110 valence electrons. The molecule has 0 spiro atoms. The van der Waals surface area contributed by atoms with E-state index in [0.29, 0.717) is 22.8 Å². The molecule has 2 rings (SSSR count). The second kappa shape index (κ2) is 6.81. The summed E-state index contributed by atoms with van der Waals surface area (Å²) in [6.45, 7) is 0.394. The van der Waals surface area contributed by atoms with Crippen LogP contribution in [-0.4, -0.2) is 17.9 Å². The second-order valence-corrected chi connectivity index (χ2v) is 6.81. The van der Waals surface area contributed by atoms with Crippen molar-refractivity contribution in [1.82, 2.24) is 4.90 Å². The molecule has 6 heteroatoms. The highest BCUT2D eigenvalue weighted by Crippen LogP contribution is 2.25. The van der Waals surface area contributed by atoms with Crippen molar-refractivity contribution < 1.29 is 4.79 Å². The minimum atomic E-state index is -0.0899. The molecular formula is C15H13Br2ClN2O. The van der Waals surface area contributed by atoms with Gasteiger partial charge >= 0.3 is 0 Å². The predicted molar refractivity (Wildman–Crippen MR) is 93.5 cm³/mol. The van der Waals surface area contributed by atoms with Crippen molar-refractivity contribution in [1.29, 1.82) is 0 Å². The van der Waals surface area contributed by atoms with E-state index < -0.39 is 0 Å². The summed E-state index contributed by atoms with van der Waals surface area (Å²) in [6, 6.07) is 10.7. The summed E-state index contributed by atoms with van der Waals surface area (Å²) < 4.78 is 1.65. The van der Waals surface area contributed by atoms with E-state index in [9.17, 15) is 4.79 Å². The first-order valence-corrected chi connectivity index (χ1v) is 8.09. The molecule has 0 bridgehead atoms. The maximum absolute atomic E-state index is 12.5. The number of anilines is 1. The largest absolute Gasteiger partial charge is 0.399 e. The van der Waals surface area contributed by atoms with Gasteiger partial charge in [-0.2, -0.15) is 0 Å². The van der Waals surface area contributed by atoms with E-state index in [2.05, 4.69) is 31.9 Å². The van der Waals surface area contributed by atoms with E-state index in [0.717, 1.165) is 14.5 Å². The van der Waals surface area contributed by atoms with Crippen LogP contribution in [0.3, 0.4) is 0 Å². The third kappa shape index (κ3) is 3.99. The fraction of sp³-hybridized carbons (Fsp3) is 0.133. The van der Waals surface area contributed by atoms with Crippen molar-refractivity contribution in [3.8, 4) is 0 Å². The van der Waals surface area contributed by atoms with E-state index in [-0.39, 0.29) is 5.91 Å². The minimum Gasteiger partial charge on any atom is -0.399 e.